The zero-order chi connectivity index (χ0) is 12.9. The number of anilines is 1. The fourth-order valence-electron chi connectivity index (χ4n) is 1.25. The second-order valence-corrected chi connectivity index (χ2v) is 5.56. The number of carbonyl (C=O) groups excluding carboxylic acids is 1. The second kappa shape index (κ2) is 5.67. The highest BCUT2D eigenvalue weighted by atomic mass is 32.2. The highest BCUT2D eigenvalue weighted by Gasteiger charge is 2.11. The normalized spacial score (nSPS) is 10.9. The molecule has 0 atom stereocenters. The second-order valence-electron chi connectivity index (χ2n) is 3.54. The van der Waals surface area contributed by atoms with Gasteiger partial charge in [0.1, 0.15) is 5.75 Å². The van der Waals surface area contributed by atoms with Crippen molar-refractivity contribution in [1.29, 1.82) is 0 Å². The SMILES string of the molecule is CCCOc1ccc(S(C)(=O)=O)cc1NC=O. The maximum absolute atomic E-state index is 11.4. The third-order valence-electron chi connectivity index (χ3n) is 2.06. The monoisotopic (exact) mass is 257 g/mol. The van der Waals surface area contributed by atoms with E-state index in [1.54, 1.807) is 0 Å². The standard InChI is InChI=1S/C11H15NO4S/c1-3-6-16-11-5-4-9(17(2,14)15)7-10(11)12-8-13/h4-5,7-8H,3,6H2,1-2H3,(H,12,13). The van der Waals surface area contributed by atoms with Gasteiger partial charge in [0.25, 0.3) is 0 Å². The van der Waals surface area contributed by atoms with Gasteiger partial charge in [0.2, 0.25) is 6.41 Å². The average molecular weight is 257 g/mol. The summed E-state index contributed by atoms with van der Waals surface area (Å²) in [6, 6.07) is 4.38. The molecule has 0 aromatic heterocycles. The Hall–Kier alpha value is -1.56. The van der Waals surface area contributed by atoms with Gasteiger partial charge in [0.05, 0.1) is 17.2 Å². The Morgan fingerprint density at radius 1 is 1.41 bits per heavy atom. The molecule has 0 fully saturated rings. The molecule has 0 heterocycles. The lowest BCUT2D eigenvalue weighted by atomic mass is 10.3. The number of benzene rings is 1. The van der Waals surface area contributed by atoms with E-state index in [0.29, 0.717) is 24.5 Å². The lowest BCUT2D eigenvalue weighted by Crippen LogP contribution is -2.04. The number of hydrogen-bond acceptors (Lipinski definition) is 4. The number of sulfone groups is 1. The molecule has 1 rings (SSSR count). The summed E-state index contributed by atoms with van der Waals surface area (Å²) >= 11 is 0. The summed E-state index contributed by atoms with van der Waals surface area (Å²) < 4.78 is 28.1. The molecule has 0 aliphatic heterocycles. The zero-order valence-electron chi connectivity index (χ0n) is 9.76. The third-order valence-corrected chi connectivity index (χ3v) is 3.17. The first-order valence-corrected chi connectivity index (χ1v) is 7.05. The fraction of sp³-hybridized carbons (Fsp3) is 0.364. The van der Waals surface area contributed by atoms with Crippen LogP contribution in [0.4, 0.5) is 5.69 Å². The summed E-state index contributed by atoms with van der Waals surface area (Å²) in [4.78, 5) is 10.6. The van der Waals surface area contributed by atoms with E-state index in [-0.39, 0.29) is 4.90 Å². The van der Waals surface area contributed by atoms with E-state index in [1.165, 1.54) is 18.2 Å². The van der Waals surface area contributed by atoms with E-state index < -0.39 is 9.84 Å². The van der Waals surface area contributed by atoms with E-state index in [1.807, 2.05) is 6.92 Å². The molecular formula is C11H15NO4S. The number of hydrogen-bond donors (Lipinski definition) is 1. The lowest BCUT2D eigenvalue weighted by Gasteiger charge is -2.11. The molecule has 1 aromatic carbocycles. The van der Waals surface area contributed by atoms with Crippen LogP contribution in [0.3, 0.4) is 0 Å². The summed E-state index contributed by atoms with van der Waals surface area (Å²) in [5.74, 6) is 0.464. The van der Waals surface area contributed by atoms with Gasteiger partial charge in [-0.25, -0.2) is 8.42 Å². The van der Waals surface area contributed by atoms with Crippen LogP contribution in [0.15, 0.2) is 23.1 Å². The summed E-state index contributed by atoms with van der Waals surface area (Å²) in [6.07, 6.45) is 2.42. The minimum Gasteiger partial charge on any atom is -0.491 e. The highest BCUT2D eigenvalue weighted by Crippen LogP contribution is 2.27. The molecule has 0 bridgehead atoms. The van der Waals surface area contributed by atoms with Gasteiger partial charge in [-0.05, 0) is 24.6 Å². The van der Waals surface area contributed by atoms with Gasteiger partial charge in [0.15, 0.2) is 9.84 Å². The van der Waals surface area contributed by atoms with Crippen molar-refractivity contribution >= 4 is 21.9 Å². The minimum atomic E-state index is -3.29. The van der Waals surface area contributed by atoms with Crippen molar-refractivity contribution in [3.8, 4) is 5.75 Å². The van der Waals surface area contributed by atoms with Gasteiger partial charge in [-0.15, -0.1) is 0 Å². The Bertz CT molecular complexity index is 496. The topological polar surface area (TPSA) is 72.5 Å². The Kier molecular flexibility index (Phi) is 4.51. The molecule has 0 saturated heterocycles. The molecule has 0 spiro atoms. The first kappa shape index (κ1) is 13.5. The van der Waals surface area contributed by atoms with E-state index in [4.69, 9.17) is 4.74 Å². The van der Waals surface area contributed by atoms with E-state index in [9.17, 15) is 13.2 Å². The molecule has 1 amide bonds. The van der Waals surface area contributed by atoms with Crippen LogP contribution in [-0.4, -0.2) is 27.7 Å². The average Bonchev–Trinajstić information content (AvgIpc) is 2.26. The number of carbonyl (C=O) groups is 1. The molecule has 94 valence electrons. The Balaban J connectivity index is 3.12. The van der Waals surface area contributed by atoms with Crippen molar-refractivity contribution in [2.24, 2.45) is 0 Å². The van der Waals surface area contributed by atoms with Crippen LogP contribution in [-0.2, 0) is 14.6 Å². The van der Waals surface area contributed by atoms with Gasteiger partial charge in [-0.1, -0.05) is 6.92 Å². The molecule has 1 N–H and O–H groups in total. The lowest BCUT2D eigenvalue weighted by molar-refractivity contribution is -0.105. The smallest absolute Gasteiger partial charge is 0.211 e. The first-order chi connectivity index (χ1) is 7.99. The number of rotatable bonds is 6. The number of nitrogens with one attached hydrogen (secondary N) is 1. The highest BCUT2D eigenvalue weighted by molar-refractivity contribution is 7.90. The third kappa shape index (κ3) is 3.74. The molecule has 0 saturated carbocycles. The number of ether oxygens (including phenoxy) is 1. The molecule has 0 radical (unpaired) electrons. The van der Waals surface area contributed by atoms with Gasteiger partial charge < -0.3 is 10.1 Å². The fourth-order valence-corrected chi connectivity index (χ4v) is 1.90. The van der Waals surface area contributed by atoms with Crippen molar-refractivity contribution in [3.05, 3.63) is 18.2 Å². The van der Waals surface area contributed by atoms with Gasteiger partial charge >= 0.3 is 0 Å². The Morgan fingerprint density at radius 2 is 2.12 bits per heavy atom. The predicted octanol–water partition coefficient (Wildman–Crippen LogP) is 1.45. The molecule has 0 aliphatic rings. The summed E-state index contributed by atoms with van der Waals surface area (Å²) in [6.45, 7) is 2.46. The maximum atomic E-state index is 11.4. The van der Waals surface area contributed by atoms with Crippen LogP contribution in [0.1, 0.15) is 13.3 Å². The van der Waals surface area contributed by atoms with Crippen molar-refractivity contribution < 1.29 is 17.9 Å². The molecule has 1 aromatic rings. The predicted molar refractivity (Wildman–Crippen MR) is 65.0 cm³/mol. The minimum absolute atomic E-state index is 0.144. The van der Waals surface area contributed by atoms with Crippen LogP contribution in [0, 0.1) is 0 Å². The molecule has 0 aliphatic carbocycles. The molecule has 6 heteroatoms. The van der Waals surface area contributed by atoms with Gasteiger partial charge in [-0.2, -0.15) is 0 Å². The summed E-state index contributed by atoms with van der Waals surface area (Å²) in [5.41, 5.74) is 0.358. The van der Waals surface area contributed by atoms with Gasteiger partial charge in [-0.3, -0.25) is 4.79 Å². The maximum Gasteiger partial charge on any atom is 0.211 e. The van der Waals surface area contributed by atoms with Crippen LogP contribution in [0.5, 0.6) is 5.75 Å². The molecule has 17 heavy (non-hydrogen) atoms. The van der Waals surface area contributed by atoms with Gasteiger partial charge in [0, 0.05) is 6.26 Å². The number of amides is 1. The van der Waals surface area contributed by atoms with Crippen LogP contribution in [0.2, 0.25) is 0 Å². The Morgan fingerprint density at radius 3 is 2.65 bits per heavy atom. The largest absolute Gasteiger partial charge is 0.491 e. The van der Waals surface area contributed by atoms with Crippen LogP contribution >= 0.6 is 0 Å². The van der Waals surface area contributed by atoms with Crippen LogP contribution < -0.4 is 10.1 Å². The molecular weight excluding hydrogens is 242 g/mol. The zero-order valence-corrected chi connectivity index (χ0v) is 10.6. The Labute approximate surface area is 101 Å². The first-order valence-electron chi connectivity index (χ1n) is 5.16. The van der Waals surface area contributed by atoms with Crippen molar-refractivity contribution in [2.75, 3.05) is 18.2 Å². The van der Waals surface area contributed by atoms with E-state index >= 15 is 0 Å². The van der Waals surface area contributed by atoms with E-state index in [2.05, 4.69) is 5.32 Å². The molecule has 5 nitrogen and oxygen atoms in total. The van der Waals surface area contributed by atoms with Crippen molar-refractivity contribution in [1.82, 2.24) is 0 Å². The summed E-state index contributed by atoms with van der Waals surface area (Å²) in [7, 11) is -3.29. The molecule has 0 unspecified atom stereocenters. The van der Waals surface area contributed by atoms with Crippen LogP contribution in [0.25, 0.3) is 0 Å². The quantitative estimate of drug-likeness (QED) is 0.783. The van der Waals surface area contributed by atoms with Crippen molar-refractivity contribution in [2.45, 2.75) is 18.2 Å². The van der Waals surface area contributed by atoms with E-state index in [0.717, 1.165) is 12.7 Å². The van der Waals surface area contributed by atoms with Crippen molar-refractivity contribution in [3.63, 3.8) is 0 Å². The summed E-state index contributed by atoms with van der Waals surface area (Å²) in [5, 5.41) is 2.43.